The molecule has 31 heavy (non-hydrogen) atoms. The Balaban J connectivity index is 1.68. The maximum Gasteiger partial charge on any atom is 0.269 e. The number of likely N-dealkylation sites (tertiary alicyclic amines) is 1. The third-order valence-electron chi connectivity index (χ3n) is 5.82. The molecule has 7 heteroatoms. The average Bonchev–Trinajstić information content (AvgIpc) is 2.78. The summed E-state index contributed by atoms with van der Waals surface area (Å²) in [5.41, 5.74) is 2.23. The molecular weight excluding hydrogens is 390 g/mol. The molecule has 0 spiro atoms. The van der Waals surface area contributed by atoms with Gasteiger partial charge < -0.3 is 15.5 Å². The minimum absolute atomic E-state index is 0.0961. The highest BCUT2D eigenvalue weighted by Gasteiger charge is 2.22. The largest absolute Gasteiger partial charge is 0.354 e. The molecule has 2 N–H and O–H groups in total. The quantitative estimate of drug-likeness (QED) is 0.301. The van der Waals surface area contributed by atoms with E-state index in [1.807, 2.05) is 18.2 Å². The lowest BCUT2D eigenvalue weighted by molar-refractivity contribution is -0.384. The highest BCUT2D eigenvalue weighted by Crippen LogP contribution is 2.16. The van der Waals surface area contributed by atoms with Crippen molar-refractivity contribution in [3.8, 4) is 0 Å². The van der Waals surface area contributed by atoms with E-state index in [9.17, 15) is 10.1 Å². The summed E-state index contributed by atoms with van der Waals surface area (Å²) in [6.07, 6.45) is 2.16. The number of hydrogen-bond donors (Lipinski definition) is 2. The van der Waals surface area contributed by atoms with Crippen molar-refractivity contribution >= 4 is 11.6 Å². The van der Waals surface area contributed by atoms with Gasteiger partial charge in [0.25, 0.3) is 5.69 Å². The van der Waals surface area contributed by atoms with Crippen LogP contribution in [0.25, 0.3) is 0 Å². The van der Waals surface area contributed by atoms with Crippen LogP contribution >= 0.6 is 0 Å². The number of benzene rings is 2. The first-order valence-corrected chi connectivity index (χ1v) is 11.0. The van der Waals surface area contributed by atoms with Crippen molar-refractivity contribution in [1.29, 1.82) is 0 Å². The fraction of sp³-hybridized carbons (Fsp3) is 0.458. The molecule has 0 saturated carbocycles. The average molecular weight is 424 g/mol. The van der Waals surface area contributed by atoms with E-state index < -0.39 is 0 Å². The van der Waals surface area contributed by atoms with Crippen LogP contribution in [0.5, 0.6) is 0 Å². The van der Waals surface area contributed by atoms with Gasteiger partial charge in [0.05, 0.1) is 17.5 Å². The second-order valence-electron chi connectivity index (χ2n) is 8.41. The minimum Gasteiger partial charge on any atom is -0.354 e. The first kappa shape index (κ1) is 22.7. The zero-order valence-electron chi connectivity index (χ0n) is 18.6. The van der Waals surface area contributed by atoms with Crippen LogP contribution in [0.3, 0.4) is 0 Å². The van der Waals surface area contributed by atoms with Crippen molar-refractivity contribution in [3.63, 3.8) is 0 Å². The van der Waals surface area contributed by atoms with E-state index in [1.54, 1.807) is 12.1 Å². The fourth-order valence-electron chi connectivity index (χ4n) is 3.81. The molecule has 1 atom stereocenters. The molecule has 2 aromatic rings. The lowest BCUT2D eigenvalue weighted by Gasteiger charge is -2.35. The molecule has 1 aliphatic rings. The summed E-state index contributed by atoms with van der Waals surface area (Å²) in [6.45, 7) is 9.24. The monoisotopic (exact) mass is 423 g/mol. The van der Waals surface area contributed by atoms with Gasteiger partial charge in [0.1, 0.15) is 0 Å². The molecule has 1 fully saturated rings. The Bertz CT molecular complexity index is 859. The lowest BCUT2D eigenvalue weighted by atomic mass is 10.0. The topological polar surface area (TPSA) is 82.8 Å². The number of non-ortho nitro benzene ring substituents is 1. The Morgan fingerprint density at radius 3 is 2.32 bits per heavy atom. The van der Waals surface area contributed by atoms with E-state index in [0.717, 1.165) is 37.5 Å². The maximum atomic E-state index is 10.9. The molecule has 0 aliphatic carbocycles. The summed E-state index contributed by atoms with van der Waals surface area (Å²) in [7, 11) is 0. The van der Waals surface area contributed by atoms with E-state index in [1.165, 1.54) is 17.7 Å². The van der Waals surface area contributed by atoms with Crippen molar-refractivity contribution in [2.45, 2.75) is 58.3 Å². The third-order valence-corrected chi connectivity index (χ3v) is 5.82. The summed E-state index contributed by atoms with van der Waals surface area (Å²) >= 11 is 0. The summed E-state index contributed by atoms with van der Waals surface area (Å²) in [5, 5.41) is 18.0. The van der Waals surface area contributed by atoms with Gasteiger partial charge in [-0.1, -0.05) is 42.5 Å². The Labute approximate surface area is 184 Å². The fourth-order valence-corrected chi connectivity index (χ4v) is 3.81. The van der Waals surface area contributed by atoms with E-state index >= 15 is 0 Å². The van der Waals surface area contributed by atoms with Gasteiger partial charge in [-0.2, -0.15) is 0 Å². The second kappa shape index (κ2) is 10.9. The van der Waals surface area contributed by atoms with E-state index in [0.29, 0.717) is 18.6 Å². The predicted octanol–water partition coefficient (Wildman–Crippen LogP) is 4.26. The van der Waals surface area contributed by atoms with E-state index in [4.69, 9.17) is 4.99 Å². The zero-order valence-corrected chi connectivity index (χ0v) is 18.6. The van der Waals surface area contributed by atoms with E-state index in [2.05, 4.69) is 48.4 Å². The molecule has 0 bridgehead atoms. The van der Waals surface area contributed by atoms with Gasteiger partial charge in [-0.05, 0) is 44.7 Å². The van der Waals surface area contributed by atoms with Crippen LogP contribution in [0.1, 0.15) is 50.8 Å². The number of nitrogens with one attached hydrogen (secondary N) is 2. The molecule has 1 aliphatic heterocycles. The molecule has 2 aromatic carbocycles. The van der Waals surface area contributed by atoms with Crippen LogP contribution in [0.4, 0.5) is 5.69 Å². The first-order valence-electron chi connectivity index (χ1n) is 11.0. The number of nitro groups is 1. The van der Waals surface area contributed by atoms with Crippen LogP contribution in [0.2, 0.25) is 0 Å². The Morgan fingerprint density at radius 2 is 1.74 bits per heavy atom. The highest BCUT2D eigenvalue weighted by atomic mass is 16.6. The van der Waals surface area contributed by atoms with Gasteiger partial charge in [-0.15, -0.1) is 0 Å². The number of guanidine groups is 1. The van der Waals surface area contributed by atoms with Gasteiger partial charge in [-0.25, -0.2) is 4.99 Å². The maximum absolute atomic E-state index is 10.9. The number of hydrogen-bond acceptors (Lipinski definition) is 4. The summed E-state index contributed by atoms with van der Waals surface area (Å²) in [4.78, 5) is 17.8. The molecule has 0 aromatic heterocycles. The Morgan fingerprint density at radius 1 is 1.10 bits per heavy atom. The minimum atomic E-state index is -0.382. The van der Waals surface area contributed by atoms with Crippen LogP contribution < -0.4 is 10.6 Å². The predicted molar refractivity (Wildman–Crippen MR) is 125 cm³/mol. The highest BCUT2D eigenvalue weighted by molar-refractivity contribution is 5.80. The molecular formula is C24H33N5O2. The third kappa shape index (κ3) is 6.79. The molecule has 1 unspecified atom stereocenters. The van der Waals surface area contributed by atoms with Gasteiger partial charge >= 0.3 is 0 Å². The van der Waals surface area contributed by atoms with Crippen molar-refractivity contribution in [1.82, 2.24) is 15.5 Å². The van der Waals surface area contributed by atoms with Gasteiger partial charge in [-0.3, -0.25) is 10.1 Å². The van der Waals surface area contributed by atoms with E-state index in [-0.39, 0.29) is 16.7 Å². The number of aliphatic imine (C=N–C) groups is 1. The second-order valence-corrected chi connectivity index (χ2v) is 8.41. The summed E-state index contributed by atoms with van der Waals surface area (Å²) < 4.78 is 0. The summed E-state index contributed by atoms with van der Waals surface area (Å²) in [6, 6.07) is 17.9. The number of rotatable bonds is 7. The molecule has 0 amide bonds. The number of nitro benzene ring substituents is 1. The number of piperidine rings is 1. The molecule has 3 rings (SSSR count). The van der Waals surface area contributed by atoms with Crippen molar-refractivity contribution in [2.75, 3.05) is 13.1 Å². The van der Waals surface area contributed by atoms with Crippen LogP contribution in [-0.2, 0) is 6.54 Å². The normalized spacial score (nSPS) is 16.8. The van der Waals surface area contributed by atoms with Gasteiger partial charge in [0, 0.05) is 37.3 Å². The smallest absolute Gasteiger partial charge is 0.269 e. The van der Waals surface area contributed by atoms with Crippen LogP contribution in [-0.4, -0.2) is 41.0 Å². The Hall–Kier alpha value is -2.93. The van der Waals surface area contributed by atoms with Crippen molar-refractivity contribution in [2.24, 2.45) is 4.99 Å². The zero-order chi connectivity index (χ0) is 22.2. The van der Waals surface area contributed by atoms with Crippen LogP contribution in [0.15, 0.2) is 59.6 Å². The van der Waals surface area contributed by atoms with Crippen molar-refractivity contribution < 1.29 is 4.92 Å². The molecule has 1 heterocycles. The van der Waals surface area contributed by atoms with Crippen molar-refractivity contribution in [3.05, 3.63) is 75.8 Å². The Kier molecular flexibility index (Phi) is 8.00. The molecule has 0 radical (unpaired) electrons. The SMILES string of the molecule is CC(NC(=NCc1ccc([N+](=O)[O-])cc1)NC1CCN(C(C)C)CC1)c1ccccc1. The lowest BCUT2D eigenvalue weighted by Crippen LogP contribution is -2.50. The van der Waals surface area contributed by atoms with Gasteiger partial charge in [0.15, 0.2) is 5.96 Å². The summed E-state index contributed by atoms with van der Waals surface area (Å²) in [5.74, 6) is 0.776. The molecule has 7 nitrogen and oxygen atoms in total. The van der Waals surface area contributed by atoms with Gasteiger partial charge in [0.2, 0.25) is 0 Å². The van der Waals surface area contributed by atoms with Crippen LogP contribution in [0, 0.1) is 10.1 Å². The molecule has 1 saturated heterocycles. The number of nitrogens with zero attached hydrogens (tertiary/aromatic N) is 3. The molecule has 166 valence electrons. The standard InChI is InChI=1S/C24H33N5O2/c1-18(2)28-15-13-22(14-16-28)27-24(26-19(3)21-7-5-4-6-8-21)25-17-20-9-11-23(12-10-20)29(30)31/h4-12,18-19,22H,13-17H2,1-3H3,(H2,25,26,27). The first-order chi connectivity index (χ1) is 14.9.